The summed E-state index contributed by atoms with van der Waals surface area (Å²) in [5, 5.41) is 0.906. The van der Waals surface area contributed by atoms with Crippen LogP contribution < -0.4 is 4.74 Å². The second-order valence-corrected chi connectivity index (χ2v) is 7.40. The first kappa shape index (κ1) is 19.3. The Morgan fingerprint density at radius 1 is 1.33 bits per heavy atom. The zero-order valence-corrected chi connectivity index (χ0v) is 16.4. The molecule has 0 saturated carbocycles. The van der Waals surface area contributed by atoms with Gasteiger partial charge in [0.05, 0.1) is 31.8 Å². The lowest BCUT2D eigenvalue weighted by Crippen LogP contribution is -2.42. The highest BCUT2D eigenvalue weighted by Gasteiger charge is 2.49. The van der Waals surface area contributed by atoms with Gasteiger partial charge in [-0.3, -0.25) is 9.59 Å². The molecule has 0 bridgehead atoms. The van der Waals surface area contributed by atoms with Crippen LogP contribution in [0.1, 0.15) is 32.8 Å². The summed E-state index contributed by atoms with van der Waals surface area (Å²) < 4.78 is 16.1. The Morgan fingerprint density at radius 2 is 2.11 bits per heavy atom. The van der Waals surface area contributed by atoms with Crippen molar-refractivity contribution >= 4 is 22.8 Å². The van der Waals surface area contributed by atoms with Crippen molar-refractivity contribution in [3.63, 3.8) is 0 Å². The summed E-state index contributed by atoms with van der Waals surface area (Å²) in [6, 6.07) is 5.57. The van der Waals surface area contributed by atoms with E-state index in [9.17, 15) is 9.59 Å². The predicted octanol–water partition coefficient (Wildman–Crippen LogP) is 3.42. The molecular weight excluding hydrogens is 346 g/mol. The summed E-state index contributed by atoms with van der Waals surface area (Å²) in [6.07, 6.45) is 2.51. The normalized spacial score (nSPS) is 19.7. The van der Waals surface area contributed by atoms with Gasteiger partial charge in [-0.15, -0.1) is 0 Å². The van der Waals surface area contributed by atoms with Gasteiger partial charge in [0.1, 0.15) is 11.3 Å². The monoisotopic (exact) mass is 373 g/mol. The molecule has 3 rings (SSSR count). The van der Waals surface area contributed by atoms with E-state index in [-0.39, 0.29) is 24.2 Å². The molecule has 146 valence electrons. The number of esters is 1. The maximum atomic E-state index is 12.9. The van der Waals surface area contributed by atoms with E-state index in [0.29, 0.717) is 37.4 Å². The van der Waals surface area contributed by atoms with E-state index in [4.69, 9.17) is 13.9 Å². The number of furan rings is 1. The zero-order valence-electron chi connectivity index (χ0n) is 16.4. The fourth-order valence-corrected chi connectivity index (χ4v) is 3.80. The Balaban J connectivity index is 1.75. The van der Waals surface area contributed by atoms with E-state index in [1.165, 1.54) is 0 Å². The first-order valence-corrected chi connectivity index (χ1v) is 9.40. The number of benzene rings is 1. The molecule has 1 unspecified atom stereocenters. The number of nitrogens with zero attached hydrogens (tertiary/aromatic N) is 1. The minimum absolute atomic E-state index is 0.000316. The van der Waals surface area contributed by atoms with Crippen molar-refractivity contribution in [1.82, 2.24) is 4.90 Å². The van der Waals surface area contributed by atoms with E-state index in [1.54, 1.807) is 18.3 Å². The maximum absolute atomic E-state index is 12.9. The molecule has 1 saturated heterocycles. The minimum Gasteiger partial charge on any atom is -0.497 e. The van der Waals surface area contributed by atoms with E-state index < -0.39 is 5.41 Å². The van der Waals surface area contributed by atoms with Crippen molar-refractivity contribution in [1.29, 1.82) is 0 Å². The molecule has 2 aromatic rings. The van der Waals surface area contributed by atoms with Gasteiger partial charge >= 0.3 is 5.97 Å². The lowest BCUT2D eigenvalue weighted by Gasteiger charge is -2.30. The van der Waals surface area contributed by atoms with Crippen LogP contribution in [0.25, 0.3) is 11.0 Å². The molecule has 6 nitrogen and oxygen atoms in total. The topological polar surface area (TPSA) is 69.0 Å². The number of amides is 1. The van der Waals surface area contributed by atoms with Crippen molar-refractivity contribution in [2.75, 3.05) is 26.8 Å². The Kier molecular flexibility index (Phi) is 5.44. The molecule has 1 aromatic heterocycles. The summed E-state index contributed by atoms with van der Waals surface area (Å²) in [5.74, 6) is 0.624. The third kappa shape index (κ3) is 3.53. The number of likely N-dealkylation sites (tertiary alicyclic amines) is 1. The van der Waals surface area contributed by atoms with Gasteiger partial charge in [-0.05, 0) is 31.4 Å². The number of rotatable bonds is 6. The van der Waals surface area contributed by atoms with Gasteiger partial charge in [-0.25, -0.2) is 0 Å². The second kappa shape index (κ2) is 7.62. The Labute approximate surface area is 159 Å². The van der Waals surface area contributed by atoms with Crippen LogP contribution in [0.3, 0.4) is 0 Å². The first-order valence-electron chi connectivity index (χ1n) is 9.40. The van der Waals surface area contributed by atoms with E-state index >= 15 is 0 Å². The molecule has 27 heavy (non-hydrogen) atoms. The number of hydrogen-bond donors (Lipinski definition) is 0. The lowest BCUT2D eigenvalue weighted by atomic mass is 9.76. The van der Waals surface area contributed by atoms with E-state index in [2.05, 4.69) is 0 Å². The van der Waals surface area contributed by atoms with Crippen LogP contribution in [0, 0.1) is 11.3 Å². The molecule has 1 aromatic carbocycles. The minimum atomic E-state index is -0.614. The number of fused-ring (bicyclic) bond motifs is 1. The van der Waals surface area contributed by atoms with Crippen molar-refractivity contribution in [3.8, 4) is 5.75 Å². The van der Waals surface area contributed by atoms with E-state index in [0.717, 1.165) is 10.9 Å². The maximum Gasteiger partial charge on any atom is 0.314 e. The Hall–Kier alpha value is -2.50. The molecule has 1 aliphatic heterocycles. The van der Waals surface area contributed by atoms with Crippen LogP contribution >= 0.6 is 0 Å². The summed E-state index contributed by atoms with van der Waals surface area (Å²) in [6.45, 7) is 7.17. The average Bonchev–Trinajstić information content (AvgIpc) is 3.27. The molecule has 0 aliphatic carbocycles. The predicted molar refractivity (Wildman–Crippen MR) is 102 cm³/mol. The average molecular weight is 373 g/mol. The number of methoxy groups -OCH3 is 1. The first-order chi connectivity index (χ1) is 12.9. The molecule has 1 atom stereocenters. The molecule has 1 fully saturated rings. The molecule has 0 spiro atoms. The standard InChI is InChI=1S/C21H27NO5/c1-5-26-20(24)21(14(2)3)8-9-22(13-21)19(23)10-15-12-27-18-11-16(25-4)6-7-17(15)18/h6-7,11-12,14H,5,8-10,13H2,1-4H3. The Bertz CT molecular complexity index is 840. The highest BCUT2D eigenvalue weighted by Crippen LogP contribution is 2.39. The summed E-state index contributed by atoms with van der Waals surface area (Å²) >= 11 is 0. The SMILES string of the molecule is CCOC(=O)C1(C(C)C)CCN(C(=O)Cc2coc3cc(OC)ccc23)C1. The molecule has 0 N–H and O–H groups in total. The van der Waals surface area contributed by atoms with Crippen molar-refractivity contribution in [2.45, 2.75) is 33.6 Å². The third-order valence-electron chi connectivity index (χ3n) is 5.65. The third-order valence-corrected chi connectivity index (χ3v) is 5.65. The van der Waals surface area contributed by atoms with Crippen LogP contribution in [0.5, 0.6) is 5.75 Å². The quantitative estimate of drug-likeness (QED) is 0.726. The van der Waals surface area contributed by atoms with Gasteiger partial charge in [0.15, 0.2) is 0 Å². The largest absolute Gasteiger partial charge is 0.497 e. The van der Waals surface area contributed by atoms with Crippen LogP contribution in [0.2, 0.25) is 0 Å². The lowest BCUT2D eigenvalue weighted by molar-refractivity contribution is -0.157. The Morgan fingerprint density at radius 3 is 2.78 bits per heavy atom. The van der Waals surface area contributed by atoms with Gasteiger partial charge in [0, 0.05) is 30.1 Å². The molecule has 0 radical (unpaired) electrons. The van der Waals surface area contributed by atoms with Crippen LogP contribution in [0.15, 0.2) is 28.9 Å². The van der Waals surface area contributed by atoms with Gasteiger partial charge in [0.2, 0.25) is 5.91 Å². The second-order valence-electron chi connectivity index (χ2n) is 7.40. The highest BCUT2D eigenvalue weighted by molar-refractivity contribution is 5.89. The van der Waals surface area contributed by atoms with Gasteiger partial charge < -0.3 is 18.8 Å². The van der Waals surface area contributed by atoms with Crippen LogP contribution in [-0.4, -0.2) is 43.6 Å². The van der Waals surface area contributed by atoms with Crippen molar-refractivity contribution in [3.05, 3.63) is 30.0 Å². The number of hydrogen-bond acceptors (Lipinski definition) is 5. The van der Waals surface area contributed by atoms with Gasteiger partial charge in [-0.2, -0.15) is 0 Å². The molecule has 1 aliphatic rings. The number of carbonyl (C=O) groups is 2. The molecule has 6 heteroatoms. The summed E-state index contributed by atoms with van der Waals surface area (Å²) in [7, 11) is 1.60. The van der Waals surface area contributed by atoms with Gasteiger partial charge in [0.25, 0.3) is 0 Å². The summed E-state index contributed by atoms with van der Waals surface area (Å²) in [5.41, 5.74) is 0.926. The zero-order chi connectivity index (χ0) is 19.6. The summed E-state index contributed by atoms with van der Waals surface area (Å²) in [4.78, 5) is 27.2. The van der Waals surface area contributed by atoms with Gasteiger partial charge in [-0.1, -0.05) is 13.8 Å². The van der Waals surface area contributed by atoms with Crippen LogP contribution in [0.4, 0.5) is 0 Å². The molecule has 2 heterocycles. The highest BCUT2D eigenvalue weighted by atomic mass is 16.5. The van der Waals surface area contributed by atoms with Crippen molar-refractivity contribution < 1.29 is 23.5 Å². The smallest absolute Gasteiger partial charge is 0.314 e. The number of carbonyl (C=O) groups excluding carboxylic acids is 2. The van der Waals surface area contributed by atoms with E-state index in [1.807, 2.05) is 39.0 Å². The molecule has 1 amide bonds. The fourth-order valence-electron chi connectivity index (χ4n) is 3.80. The molecular formula is C21H27NO5. The number of ether oxygens (including phenoxy) is 2. The fraction of sp³-hybridized carbons (Fsp3) is 0.524. The van der Waals surface area contributed by atoms with Crippen molar-refractivity contribution in [2.24, 2.45) is 11.3 Å². The van der Waals surface area contributed by atoms with Crippen LogP contribution in [-0.2, 0) is 20.7 Å².